The van der Waals surface area contributed by atoms with Gasteiger partial charge in [0.05, 0.1) is 11.8 Å². The fourth-order valence-corrected chi connectivity index (χ4v) is 2.36. The van der Waals surface area contributed by atoms with Gasteiger partial charge in [0.2, 0.25) is 0 Å². The Labute approximate surface area is 95.3 Å². The van der Waals surface area contributed by atoms with Crippen molar-refractivity contribution >= 4 is 10.0 Å². The predicted octanol–water partition coefficient (Wildman–Crippen LogP) is -0.141. The zero-order valence-electron chi connectivity index (χ0n) is 9.64. The molecule has 0 fully saturated rings. The van der Waals surface area contributed by atoms with E-state index in [0.29, 0.717) is 6.42 Å². The van der Waals surface area contributed by atoms with E-state index < -0.39 is 15.6 Å². The standard InChI is InChI=1S/C9H17N3O3S/c1-4-9(2,13)7-11-16(14,15)8-5-6-10-12(8)3/h5-6,11,13H,4,7H2,1-3H3. The van der Waals surface area contributed by atoms with E-state index in [1.165, 1.54) is 16.9 Å². The van der Waals surface area contributed by atoms with Crippen LogP contribution in [0.1, 0.15) is 20.3 Å². The minimum atomic E-state index is -3.60. The number of hydrogen-bond donors (Lipinski definition) is 2. The van der Waals surface area contributed by atoms with Crippen molar-refractivity contribution in [2.45, 2.75) is 30.9 Å². The molecule has 0 saturated heterocycles. The van der Waals surface area contributed by atoms with Crippen LogP contribution in [-0.4, -0.2) is 35.5 Å². The first kappa shape index (κ1) is 13.1. The highest BCUT2D eigenvalue weighted by atomic mass is 32.2. The number of rotatable bonds is 5. The molecule has 0 saturated carbocycles. The highest BCUT2D eigenvalue weighted by Crippen LogP contribution is 2.10. The highest BCUT2D eigenvalue weighted by Gasteiger charge is 2.23. The summed E-state index contributed by atoms with van der Waals surface area (Å²) in [6, 6.07) is 1.41. The minimum absolute atomic E-state index is 0.0169. The highest BCUT2D eigenvalue weighted by molar-refractivity contribution is 7.89. The van der Waals surface area contributed by atoms with Gasteiger partial charge in [-0.25, -0.2) is 13.1 Å². The molecule has 0 aliphatic rings. The van der Waals surface area contributed by atoms with Gasteiger partial charge in [-0.15, -0.1) is 0 Å². The SMILES string of the molecule is CCC(C)(O)CNS(=O)(=O)c1ccnn1C. The van der Waals surface area contributed by atoms with Gasteiger partial charge >= 0.3 is 0 Å². The number of nitrogens with one attached hydrogen (secondary N) is 1. The molecule has 0 aromatic carbocycles. The fraction of sp³-hybridized carbons (Fsp3) is 0.667. The molecule has 0 amide bonds. The molecule has 1 atom stereocenters. The molecule has 1 aromatic heterocycles. The molecule has 0 spiro atoms. The van der Waals surface area contributed by atoms with Crippen molar-refractivity contribution in [1.82, 2.24) is 14.5 Å². The lowest BCUT2D eigenvalue weighted by atomic mass is 10.1. The molecule has 92 valence electrons. The van der Waals surface area contributed by atoms with Crippen LogP contribution in [0.4, 0.5) is 0 Å². The van der Waals surface area contributed by atoms with Gasteiger partial charge in [-0.05, 0) is 19.4 Å². The van der Waals surface area contributed by atoms with Crippen molar-refractivity contribution in [2.75, 3.05) is 6.54 Å². The summed E-state index contributed by atoms with van der Waals surface area (Å²) in [4.78, 5) is 0. The molecule has 2 N–H and O–H groups in total. The Morgan fingerprint density at radius 3 is 2.69 bits per heavy atom. The summed E-state index contributed by atoms with van der Waals surface area (Å²) in [7, 11) is -2.05. The molecule has 1 unspecified atom stereocenters. The molecule has 0 aliphatic carbocycles. The lowest BCUT2D eigenvalue weighted by Gasteiger charge is -2.21. The normalized spacial score (nSPS) is 16.0. The number of nitrogens with zero attached hydrogens (tertiary/aromatic N) is 2. The number of sulfonamides is 1. The molecular weight excluding hydrogens is 230 g/mol. The average Bonchev–Trinajstić information content (AvgIpc) is 2.63. The van der Waals surface area contributed by atoms with Crippen molar-refractivity contribution in [3.05, 3.63) is 12.3 Å². The second kappa shape index (κ2) is 4.52. The summed E-state index contributed by atoms with van der Waals surface area (Å²) in [5.74, 6) is 0. The Morgan fingerprint density at radius 2 is 2.25 bits per heavy atom. The Balaban J connectivity index is 2.79. The van der Waals surface area contributed by atoms with Crippen LogP contribution in [0.15, 0.2) is 17.3 Å². The Bertz CT molecular complexity index is 450. The summed E-state index contributed by atoms with van der Waals surface area (Å²) in [6.45, 7) is 3.36. The van der Waals surface area contributed by atoms with E-state index >= 15 is 0 Å². The van der Waals surface area contributed by atoms with E-state index in [1.807, 2.05) is 0 Å². The lowest BCUT2D eigenvalue weighted by Crippen LogP contribution is -2.40. The van der Waals surface area contributed by atoms with E-state index in [9.17, 15) is 13.5 Å². The van der Waals surface area contributed by atoms with Crippen molar-refractivity contribution in [1.29, 1.82) is 0 Å². The summed E-state index contributed by atoms with van der Waals surface area (Å²) in [6.07, 6.45) is 1.88. The lowest BCUT2D eigenvalue weighted by molar-refractivity contribution is 0.0613. The largest absolute Gasteiger partial charge is 0.389 e. The first-order chi connectivity index (χ1) is 7.28. The zero-order chi connectivity index (χ0) is 12.4. The fourth-order valence-electron chi connectivity index (χ4n) is 1.07. The zero-order valence-corrected chi connectivity index (χ0v) is 10.5. The van der Waals surface area contributed by atoms with Gasteiger partial charge in [-0.3, -0.25) is 4.68 Å². The quantitative estimate of drug-likeness (QED) is 0.758. The maximum Gasteiger partial charge on any atom is 0.257 e. The third-order valence-corrected chi connectivity index (χ3v) is 3.93. The summed E-state index contributed by atoms with van der Waals surface area (Å²) >= 11 is 0. The second-order valence-electron chi connectivity index (χ2n) is 3.97. The third-order valence-electron chi connectivity index (χ3n) is 2.46. The maximum atomic E-state index is 11.8. The van der Waals surface area contributed by atoms with E-state index in [2.05, 4.69) is 9.82 Å². The van der Waals surface area contributed by atoms with Crippen LogP contribution < -0.4 is 4.72 Å². The first-order valence-corrected chi connectivity index (χ1v) is 6.47. The summed E-state index contributed by atoms with van der Waals surface area (Å²) in [5, 5.41) is 13.6. The predicted molar refractivity (Wildman–Crippen MR) is 59.3 cm³/mol. The Hall–Kier alpha value is -0.920. The summed E-state index contributed by atoms with van der Waals surface area (Å²) in [5.41, 5.74) is -1.04. The van der Waals surface area contributed by atoms with Crippen LogP contribution in [0.3, 0.4) is 0 Å². The van der Waals surface area contributed by atoms with Crippen LogP contribution in [0.25, 0.3) is 0 Å². The number of aromatic nitrogens is 2. The molecule has 6 nitrogen and oxygen atoms in total. The number of aliphatic hydroxyl groups is 1. The first-order valence-electron chi connectivity index (χ1n) is 4.98. The molecule has 0 aliphatic heterocycles. The van der Waals surface area contributed by atoms with Crippen LogP contribution in [0.5, 0.6) is 0 Å². The third kappa shape index (κ3) is 3.03. The van der Waals surface area contributed by atoms with Crippen molar-refractivity contribution in [3.8, 4) is 0 Å². The van der Waals surface area contributed by atoms with E-state index in [4.69, 9.17) is 0 Å². The van der Waals surface area contributed by atoms with Crippen LogP contribution in [0.2, 0.25) is 0 Å². The van der Waals surface area contributed by atoms with Crippen molar-refractivity contribution < 1.29 is 13.5 Å². The Kier molecular flexibility index (Phi) is 3.72. The smallest absolute Gasteiger partial charge is 0.257 e. The molecule has 1 rings (SSSR count). The topological polar surface area (TPSA) is 84.2 Å². The van der Waals surface area contributed by atoms with E-state index in [-0.39, 0.29) is 11.6 Å². The molecule has 7 heteroatoms. The van der Waals surface area contributed by atoms with Gasteiger partial charge in [0.15, 0.2) is 5.03 Å². The molecule has 0 radical (unpaired) electrons. The second-order valence-corrected chi connectivity index (χ2v) is 5.68. The van der Waals surface area contributed by atoms with Crippen molar-refractivity contribution in [3.63, 3.8) is 0 Å². The van der Waals surface area contributed by atoms with Crippen LogP contribution in [0, 0.1) is 0 Å². The number of hydrogen-bond acceptors (Lipinski definition) is 4. The van der Waals surface area contributed by atoms with Crippen LogP contribution in [-0.2, 0) is 17.1 Å². The van der Waals surface area contributed by atoms with Gasteiger partial charge < -0.3 is 5.11 Å². The van der Waals surface area contributed by atoms with Gasteiger partial charge in [-0.2, -0.15) is 5.10 Å². The summed E-state index contributed by atoms with van der Waals surface area (Å²) < 4.78 is 27.2. The van der Waals surface area contributed by atoms with Gasteiger partial charge in [-0.1, -0.05) is 6.92 Å². The molecule has 1 aromatic rings. The Morgan fingerprint density at radius 1 is 1.62 bits per heavy atom. The van der Waals surface area contributed by atoms with E-state index in [1.54, 1.807) is 20.9 Å². The average molecular weight is 247 g/mol. The maximum absolute atomic E-state index is 11.8. The van der Waals surface area contributed by atoms with Crippen molar-refractivity contribution in [2.24, 2.45) is 7.05 Å². The number of aryl methyl sites for hydroxylation is 1. The molecule has 16 heavy (non-hydrogen) atoms. The van der Waals surface area contributed by atoms with Gasteiger partial charge in [0.1, 0.15) is 0 Å². The molecule has 0 bridgehead atoms. The van der Waals surface area contributed by atoms with Gasteiger partial charge in [0, 0.05) is 13.6 Å². The van der Waals surface area contributed by atoms with E-state index in [0.717, 1.165) is 0 Å². The molecule has 1 heterocycles. The molecular formula is C9H17N3O3S. The monoisotopic (exact) mass is 247 g/mol. The van der Waals surface area contributed by atoms with Gasteiger partial charge in [0.25, 0.3) is 10.0 Å². The van der Waals surface area contributed by atoms with Crippen LogP contribution >= 0.6 is 0 Å². The minimum Gasteiger partial charge on any atom is -0.389 e.